The number of primary amides is 1. The van der Waals surface area contributed by atoms with Crippen LogP contribution >= 0.6 is 0 Å². The highest BCUT2D eigenvalue weighted by atomic mass is 16.5. The van der Waals surface area contributed by atoms with E-state index in [2.05, 4.69) is 0 Å². The van der Waals surface area contributed by atoms with E-state index in [4.69, 9.17) is 15.7 Å². The van der Waals surface area contributed by atoms with E-state index in [1.165, 1.54) is 6.08 Å². The molecule has 1 amide bonds. The molecule has 130 valence electrons. The first-order valence-corrected chi connectivity index (χ1v) is 7.69. The Morgan fingerprint density at radius 2 is 1.96 bits per heavy atom. The minimum atomic E-state index is -0.663. The maximum Gasteiger partial charge on any atom is 0.348 e. The fraction of sp³-hybridized carbons (Fsp3) is 0.211. The summed E-state index contributed by atoms with van der Waals surface area (Å²) in [5, 5.41) is 9.10. The number of carbonyl (C=O) groups excluding carboxylic acids is 2. The van der Waals surface area contributed by atoms with Gasteiger partial charge in [-0.3, -0.25) is 4.79 Å². The Morgan fingerprint density at radius 1 is 1.28 bits per heavy atom. The normalized spacial score (nSPS) is 11.9. The van der Waals surface area contributed by atoms with E-state index in [1.807, 2.05) is 36.4 Å². The second-order valence-electron chi connectivity index (χ2n) is 5.10. The third-order valence-electron chi connectivity index (χ3n) is 3.07. The molecule has 25 heavy (non-hydrogen) atoms. The number of hydrogen-bond acceptors (Lipinski definition) is 5. The van der Waals surface area contributed by atoms with Crippen LogP contribution < -0.4 is 5.73 Å². The van der Waals surface area contributed by atoms with Crippen LogP contribution in [0.25, 0.3) is 5.57 Å². The van der Waals surface area contributed by atoms with E-state index >= 15 is 0 Å². The molecule has 0 aliphatic carbocycles. The maximum atomic E-state index is 11.7. The Hall–Kier alpha value is -3.33. The summed E-state index contributed by atoms with van der Waals surface area (Å²) in [5.74, 6) is -1.10. The lowest BCUT2D eigenvalue weighted by Gasteiger charge is -2.11. The van der Waals surface area contributed by atoms with Crippen molar-refractivity contribution in [1.29, 1.82) is 5.26 Å². The van der Waals surface area contributed by atoms with Crippen LogP contribution in [0.1, 0.15) is 12.5 Å². The average molecular weight is 339 g/mol. The Labute approximate surface area is 147 Å². The number of nitriles is 1. The van der Waals surface area contributed by atoms with Gasteiger partial charge in [0.05, 0.1) is 13.2 Å². The number of allylic oxidation sites excluding steroid dienone is 4. The van der Waals surface area contributed by atoms with Crippen molar-refractivity contribution in [3.8, 4) is 6.07 Å². The Kier molecular flexibility index (Phi) is 8.24. The number of ether oxygens (including phenoxy) is 1. The van der Waals surface area contributed by atoms with Crippen LogP contribution in [0.4, 0.5) is 0 Å². The van der Waals surface area contributed by atoms with Crippen molar-refractivity contribution < 1.29 is 14.3 Å². The van der Waals surface area contributed by atoms with E-state index in [-0.39, 0.29) is 18.7 Å². The van der Waals surface area contributed by atoms with Gasteiger partial charge in [0, 0.05) is 7.05 Å². The van der Waals surface area contributed by atoms with Gasteiger partial charge in [0.25, 0.3) is 0 Å². The summed E-state index contributed by atoms with van der Waals surface area (Å²) >= 11 is 0. The van der Waals surface area contributed by atoms with Crippen LogP contribution in [-0.2, 0) is 14.3 Å². The van der Waals surface area contributed by atoms with Gasteiger partial charge in [-0.1, -0.05) is 36.4 Å². The van der Waals surface area contributed by atoms with Crippen LogP contribution in [0.15, 0.2) is 60.3 Å². The first-order valence-electron chi connectivity index (χ1n) is 7.69. The van der Waals surface area contributed by atoms with Gasteiger partial charge in [-0.25, -0.2) is 4.79 Å². The second kappa shape index (κ2) is 10.4. The average Bonchev–Trinajstić information content (AvgIpc) is 2.58. The van der Waals surface area contributed by atoms with Gasteiger partial charge in [-0.05, 0) is 36.4 Å². The first-order chi connectivity index (χ1) is 12.0. The number of amides is 1. The van der Waals surface area contributed by atoms with E-state index in [1.54, 1.807) is 37.2 Å². The number of benzene rings is 1. The van der Waals surface area contributed by atoms with Gasteiger partial charge in [0.2, 0.25) is 5.91 Å². The van der Waals surface area contributed by atoms with Gasteiger partial charge in [-0.15, -0.1) is 0 Å². The molecular weight excluding hydrogens is 318 g/mol. The molecule has 0 fully saturated rings. The van der Waals surface area contributed by atoms with Crippen LogP contribution in [0.3, 0.4) is 0 Å². The molecule has 0 aromatic heterocycles. The van der Waals surface area contributed by atoms with Gasteiger partial charge in [0.1, 0.15) is 11.6 Å². The number of hydrogen-bond donors (Lipinski definition) is 1. The topological polar surface area (TPSA) is 96.4 Å². The molecule has 1 aromatic carbocycles. The molecule has 6 heteroatoms. The molecule has 0 saturated carbocycles. The molecule has 0 bridgehead atoms. The highest BCUT2D eigenvalue weighted by Crippen LogP contribution is 2.16. The Balaban J connectivity index is 3.14. The lowest BCUT2D eigenvalue weighted by atomic mass is 10.0. The maximum absolute atomic E-state index is 11.7. The van der Waals surface area contributed by atoms with Crippen LogP contribution in [0.5, 0.6) is 0 Å². The van der Waals surface area contributed by atoms with Gasteiger partial charge >= 0.3 is 5.97 Å². The smallest absolute Gasteiger partial charge is 0.348 e. The number of nitrogens with zero attached hydrogens (tertiary/aromatic N) is 2. The second-order valence-corrected chi connectivity index (χ2v) is 5.10. The van der Waals surface area contributed by atoms with E-state index in [9.17, 15) is 9.59 Å². The van der Waals surface area contributed by atoms with Gasteiger partial charge in [0.15, 0.2) is 0 Å². The van der Waals surface area contributed by atoms with Crippen molar-refractivity contribution in [1.82, 2.24) is 4.90 Å². The summed E-state index contributed by atoms with van der Waals surface area (Å²) in [5.41, 5.74) is 6.72. The molecular formula is C19H21N3O3. The molecule has 0 saturated heterocycles. The van der Waals surface area contributed by atoms with E-state index in [0.717, 1.165) is 11.1 Å². The van der Waals surface area contributed by atoms with Crippen LogP contribution in [-0.4, -0.2) is 37.0 Å². The summed E-state index contributed by atoms with van der Waals surface area (Å²) in [6.07, 6.45) is 6.54. The summed E-state index contributed by atoms with van der Waals surface area (Å²) in [6.45, 7) is 1.96. The Bertz CT molecular complexity index is 728. The molecule has 0 heterocycles. The molecule has 2 N–H and O–H groups in total. The molecule has 0 radical (unpaired) electrons. The highest BCUT2D eigenvalue weighted by molar-refractivity contribution is 5.93. The van der Waals surface area contributed by atoms with Crippen LogP contribution in [0, 0.1) is 11.3 Å². The molecule has 0 unspecified atom stereocenters. The number of rotatable bonds is 8. The lowest BCUT2D eigenvalue weighted by molar-refractivity contribution is -0.138. The van der Waals surface area contributed by atoms with Crippen molar-refractivity contribution in [3.63, 3.8) is 0 Å². The third-order valence-corrected chi connectivity index (χ3v) is 3.07. The summed E-state index contributed by atoms with van der Waals surface area (Å²) in [7, 11) is 1.72. The minimum absolute atomic E-state index is 0.0840. The van der Waals surface area contributed by atoms with Crippen molar-refractivity contribution in [2.45, 2.75) is 6.92 Å². The number of esters is 1. The predicted molar refractivity (Wildman–Crippen MR) is 95.7 cm³/mol. The van der Waals surface area contributed by atoms with Crippen molar-refractivity contribution in [2.75, 3.05) is 20.2 Å². The first kappa shape index (κ1) is 19.7. The van der Waals surface area contributed by atoms with Crippen molar-refractivity contribution in [2.24, 2.45) is 5.73 Å². The fourth-order valence-electron chi connectivity index (χ4n) is 1.92. The zero-order valence-corrected chi connectivity index (χ0v) is 14.3. The van der Waals surface area contributed by atoms with Gasteiger partial charge in [-0.2, -0.15) is 5.26 Å². The fourth-order valence-corrected chi connectivity index (χ4v) is 1.92. The molecule has 0 spiro atoms. The molecule has 0 atom stereocenters. The summed E-state index contributed by atoms with van der Waals surface area (Å²) < 4.78 is 4.84. The molecule has 1 rings (SSSR count). The molecule has 0 aliphatic rings. The monoisotopic (exact) mass is 339 g/mol. The van der Waals surface area contributed by atoms with Crippen LogP contribution in [0.2, 0.25) is 0 Å². The van der Waals surface area contributed by atoms with Crippen molar-refractivity contribution in [3.05, 3.63) is 65.9 Å². The highest BCUT2D eigenvalue weighted by Gasteiger charge is 2.08. The number of carbonyl (C=O) groups is 2. The third kappa shape index (κ3) is 7.18. The summed E-state index contributed by atoms with van der Waals surface area (Å²) in [4.78, 5) is 24.3. The molecule has 6 nitrogen and oxygen atoms in total. The van der Waals surface area contributed by atoms with E-state index in [0.29, 0.717) is 0 Å². The predicted octanol–water partition coefficient (Wildman–Crippen LogP) is 2.01. The zero-order chi connectivity index (χ0) is 18.7. The quantitative estimate of drug-likeness (QED) is 0.338. The molecule has 1 aromatic rings. The number of likely N-dealkylation sites (N-methyl/N-ethyl adjacent to an activating group) is 1. The van der Waals surface area contributed by atoms with E-state index < -0.39 is 11.9 Å². The zero-order valence-electron chi connectivity index (χ0n) is 14.3. The summed E-state index contributed by atoms with van der Waals surface area (Å²) in [6, 6.07) is 11.3. The minimum Gasteiger partial charge on any atom is -0.462 e. The standard InChI is InChI=1S/C19H21N3O3/c1-3-25-19(24)17(13-20)10-9-16(15-7-5-4-6-8-15)11-12-22(2)14-18(21)23/h4-12H,3,14H2,1-2H3,(H2,21,23)/b12-11-,16-9-,17-10-. The SMILES string of the molecule is CCOC(=O)\C(C#N)=C/C=C(/C=C\N(C)CC(N)=O)c1ccccc1. The van der Waals surface area contributed by atoms with Gasteiger partial charge < -0.3 is 15.4 Å². The van der Waals surface area contributed by atoms with Crippen molar-refractivity contribution >= 4 is 17.4 Å². The largest absolute Gasteiger partial charge is 0.462 e. The Morgan fingerprint density at radius 3 is 2.52 bits per heavy atom. The molecule has 0 aliphatic heterocycles. The lowest BCUT2D eigenvalue weighted by Crippen LogP contribution is -2.26. The number of nitrogens with two attached hydrogens (primary N) is 1.